The van der Waals surface area contributed by atoms with Gasteiger partial charge in [0.15, 0.2) is 0 Å². The second-order valence-corrected chi connectivity index (χ2v) is 16.9. The molecule has 10 amide bonds. The number of hydrogen-bond donors (Lipinski definition) is 12. The van der Waals surface area contributed by atoms with Crippen LogP contribution in [0, 0.1) is 11.8 Å². The molecule has 8 atom stereocenters. The van der Waals surface area contributed by atoms with Gasteiger partial charge < -0.3 is 64.8 Å². The van der Waals surface area contributed by atoms with Gasteiger partial charge in [-0.2, -0.15) is 0 Å². The van der Waals surface area contributed by atoms with Gasteiger partial charge >= 0.3 is 5.97 Å². The maximum absolute atomic E-state index is 13.8. The van der Waals surface area contributed by atoms with Crippen molar-refractivity contribution in [3.05, 3.63) is 35.9 Å². The predicted molar refractivity (Wildman–Crippen MR) is 240 cm³/mol. The molecule has 0 aliphatic rings. The molecule has 66 heavy (non-hydrogen) atoms. The number of rotatable bonds is 30. The van der Waals surface area contributed by atoms with Crippen LogP contribution in [-0.2, 0) is 59.2 Å². The van der Waals surface area contributed by atoms with E-state index in [-0.39, 0.29) is 44.1 Å². The molecule has 0 fully saturated rings. The maximum Gasteiger partial charge on any atom is 0.305 e. The largest absolute Gasteiger partial charge is 0.481 e. The minimum Gasteiger partial charge on any atom is -0.481 e. The van der Waals surface area contributed by atoms with Gasteiger partial charge in [0.2, 0.25) is 59.1 Å². The number of nitrogens with one attached hydrogen (secondary N) is 8. The lowest BCUT2D eigenvalue weighted by atomic mass is 10.0. The van der Waals surface area contributed by atoms with Gasteiger partial charge in [0.25, 0.3) is 0 Å². The van der Waals surface area contributed by atoms with Crippen LogP contribution in [0.2, 0.25) is 0 Å². The highest BCUT2D eigenvalue weighted by molar-refractivity contribution is 5.99. The Morgan fingerprint density at radius 2 is 0.939 bits per heavy atom. The predicted octanol–water partition coefficient (Wildman–Crippen LogP) is -2.78. The van der Waals surface area contributed by atoms with E-state index in [9.17, 15) is 52.7 Å². The topological polar surface area (TPSA) is 382 Å². The third-order valence-electron chi connectivity index (χ3n) is 9.82. The van der Waals surface area contributed by atoms with Gasteiger partial charge in [-0.1, -0.05) is 58.0 Å². The standard InChI is InChI=1S/C43H69N11O12/c1-22(2)17-30(40(63)47-24(5)37(60)50-28(15-11-12-16-44)39(62)51-29(36(46)59)21-35(57)58)53-43(66)33(20-34(45)56)54-42(65)31(18-23(3)4)52-38(61)25(6)48-41(64)32(49-26(7)55)19-27-13-9-8-10-14-27/h8-10,13-14,22-25,28-33H,11-12,15-21,44H2,1-7H3,(H2,45,56)(H2,46,59)(H,47,63)(H,48,64)(H,49,55)(H,50,60)(H,51,62)(H,52,61)(H,53,66)(H,54,65)(H,57,58)/t24-,25-,28-,29-,30-,31-,32-,33-/m0/s1. The zero-order valence-corrected chi connectivity index (χ0v) is 38.7. The van der Waals surface area contributed by atoms with E-state index < -0.39 is 126 Å². The summed E-state index contributed by atoms with van der Waals surface area (Å²) < 4.78 is 0. The molecule has 0 spiro atoms. The van der Waals surface area contributed by atoms with Crippen molar-refractivity contribution in [1.29, 1.82) is 0 Å². The summed E-state index contributed by atoms with van der Waals surface area (Å²) in [5, 5.41) is 28.9. The fraction of sp³-hybridized carbons (Fsp3) is 0.605. The number of nitrogens with two attached hydrogens (primary N) is 3. The Kier molecular flexibility index (Phi) is 25.2. The van der Waals surface area contributed by atoms with Crippen LogP contribution in [-0.4, -0.2) is 125 Å². The Hall–Kier alpha value is -6.65. The van der Waals surface area contributed by atoms with E-state index in [2.05, 4.69) is 42.5 Å². The average molecular weight is 932 g/mol. The van der Waals surface area contributed by atoms with Crippen molar-refractivity contribution in [3.63, 3.8) is 0 Å². The molecule has 1 aromatic carbocycles. The van der Waals surface area contributed by atoms with E-state index >= 15 is 0 Å². The summed E-state index contributed by atoms with van der Waals surface area (Å²) in [6.45, 7) is 11.2. The molecule has 0 saturated carbocycles. The van der Waals surface area contributed by atoms with E-state index in [1.54, 1.807) is 58.0 Å². The Morgan fingerprint density at radius 1 is 0.515 bits per heavy atom. The summed E-state index contributed by atoms with van der Waals surface area (Å²) in [7, 11) is 0. The van der Waals surface area contributed by atoms with Crippen molar-refractivity contribution in [3.8, 4) is 0 Å². The highest BCUT2D eigenvalue weighted by atomic mass is 16.4. The summed E-state index contributed by atoms with van der Waals surface area (Å²) in [6.07, 6.45) is -0.503. The monoisotopic (exact) mass is 932 g/mol. The summed E-state index contributed by atoms with van der Waals surface area (Å²) >= 11 is 0. The minimum atomic E-state index is -1.64. The number of primary amides is 2. The highest BCUT2D eigenvalue weighted by Crippen LogP contribution is 2.11. The van der Waals surface area contributed by atoms with Crippen LogP contribution in [0.3, 0.4) is 0 Å². The first-order valence-corrected chi connectivity index (χ1v) is 21.8. The summed E-state index contributed by atoms with van der Waals surface area (Å²) in [5.41, 5.74) is 17.0. The molecular formula is C43H69N11O12. The Bertz CT molecular complexity index is 1860. The molecule has 0 aliphatic heterocycles. The van der Waals surface area contributed by atoms with E-state index in [4.69, 9.17) is 22.3 Å². The fourth-order valence-electron chi connectivity index (χ4n) is 6.45. The lowest BCUT2D eigenvalue weighted by molar-refractivity contribution is -0.140. The SMILES string of the molecule is CC(=O)N[C@@H](Cc1ccccc1)C(=O)N[C@@H](C)C(=O)N[C@@H](CC(C)C)C(=O)N[C@@H](CC(N)=O)C(=O)N[C@@H](CC(C)C)C(=O)N[C@@H](C)C(=O)N[C@@H](CCCCN)C(=O)N[C@@H](CC(=O)O)C(N)=O. The third kappa shape index (κ3) is 22.3. The molecule has 15 N–H and O–H groups in total. The number of unbranched alkanes of at least 4 members (excludes halogenated alkanes) is 1. The lowest BCUT2D eigenvalue weighted by Gasteiger charge is -2.27. The number of hydrogen-bond acceptors (Lipinski definition) is 12. The fourth-order valence-corrected chi connectivity index (χ4v) is 6.45. The second-order valence-electron chi connectivity index (χ2n) is 16.9. The van der Waals surface area contributed by atoms with Gasteiger partial charge in [0.1, 0.15) is 48.3 Å². The van der Waals surface area contributed by atoms with Crippen molar-refractivity contribution in [2.75, 3.05) is 6.54 Å². The van der Waals surface area contributed by atoms with Crippen LogP contribution in [0.25, 0.3) is 0 Å². The molecule has 0 heterocycles. The molecule has 0 unspecified atom stereocenters. The van der Waals surface area contributed by atoms with Crippen molar-refractivity contribution in [1.82, 2.24) is 42.5 Å². The van der Waals surface area contributed by atoms with E-state index in [1.165, 1.54) is 20.8 Å². The van der Waals surface area contributed by atoms with Crippen LogP contribution < -0.4 is 59.7 Å². The molecule has 0 bridgehead atoms. The van der Waals surface area contributed by atoms with Gasteiger partial charge in [0.05, 0.1) is 12.8 Å². The first-order valence-electron chi connectivity index (χ1n) is 21.8. The number of carboxylic acids is 1. The first kappa shape index (κ1) is 57.4. The van der Waals surface area contributed by atoms with Crippen molar-refractivity contribution >= 4 is 65.0 Å². The van der Waals surface area contributed by atoms with Crippen LogP contribution in [0.1, 0.15) is 99.0 Å². The number of carbonyl (C=O) groups is 11. The molecule has 1 aromatic rings. The van der Waals surface area contributed by atoms with Gasteiger partial charge in [-0.15, -0.1) is 0 Å². The summed E-state index contributed by atoms with van der Waals surface area (Å²) in [5.74, 6) is -10.3. The number of carboxylic acid groups (broad SMARTS) is 1. The van der Waals surface area contributed by atoms with E-state index in [1.807, 2.05) is 0 Å². The lowest BCUT2D eigenvalue weighted by Crippen LogP contribution is -2.60. The minimum absolute atomic E-state index is 0.00906. The Balaban J connectivity index is 3.20. The summed E-state index contributed by atoms with van der Waals surface area (Å²) in [6, 6.07) is -1.80. The average Bonchev–Trinajstić information content (AvgIpc) is 3.21. The highest BCUT2D eigenvalue weighted by Gasteiger charge is 2.34. The van der Waals surface area contributed by atoms with Crippen molar-refractivity contribution < 1.29 is 57.8 Å². The molecular weight excluding hydrogens is 863 g/mol. The van der Waals surface area contributed by atoms with E-state index in [0.29, 0.717) is 12.8 Å². The van der Waals surface area contributed by atoms with Gasteiger partial charge in [-0.3, -0.25) is 52.7 Å². The third-order valence-corrected chi connectivity index (χ3v) is 9.82. The van der Waals surface area contributed by atoms with Crippen LogP contribution in [0.15, 0.2) is 30.3 Å². The number of amides is 10. The molecule has 23 heteroatoms. The van der Waals surface area contributed by atoms with Crippen molar-refractivity contribution in [2.45, 2.75) is 148 Å². The molecule has 1 rings (SSSR count). The smallest absolute Gasteiger partial charge is 0.305 e. The molecule has 0 saturated heterocycles. The van der Waals surface area contributed by atoms with Gasteiger partial charge in [-0.05, 0) is 69.9 Å². The van der Waals surface area contributed by atoms with E-state index in [0.717, 1.165) is 5.56 Å². The summed E-state index contributed by atoms with van der Waals surface area (Å²) in [4.78, 5) is 141. The zero-order chi connectivity index (χ0) is 50.3. The quantitative estimate of drug-likeness (QED) is 0.0348. The van der Waals surface area contributed by atoms with Gasteiger partial charge in [0, 0.05) is 13.3 Å². The molecule has 368 valence electrons. The molecule has 0 aliphatic carbocycles. The Morgan fingerprint density at radius 3 is 1.39 bits per heavy atom. The van der Waals surface area contributed by atoms with Crippen LogP contribution in [0.5, 0.6) is 0 Å². The number of benzene rings is 1. The first-order chi connectivity index (χ1) is 30.8. The zero-order valence-electron chi connectivity index (χ0n) is 38.7. The van der Waals surface area contributed by atoms with Gasteiger partial charge in [-0.25, -0.2) is 0 Å². The normalized spacial score (nSPS) is 14.6. The number of aliphatic carboxylic acids is 1. The second kappa shape index (κ2) is 29.0. The van der Waals surface area contributed by atoms with Crippen LogP contribution in [0.4, 0.5) is 0 Å². The van der Waals surface area contributed by atoms with Crippen molar-refractivity contribution in [2.24, 2.45) is 29.0 Å². The maximum atomic E-state index is 13.8. The molecule has 0 aromatic heterocycles. The van der Waals surface area contributed by atoms with Crippen LogP contribution >= 0.6 is 0 Å². The number of carbonyl (C=O) groups excluding carboxylic acids is 10. The molecule has 23 nitrogen and oxygen atoms in total. The molecule has 0 radical (unpaired) electrons. The Labute approximate surface area is 384 Å².